The van der Waals surface area contributed by atoms with Gasteiger partial charge in [-0.25, -0.2) is 4.79 Å². The fourth-order valence-corrected chi connectivity index (χ4v) is 3.59. The van der Waals surface area contributed by atoms with Gasteiger partial charge in [-0.2, -0.15) is 0 Å². The number of ether oxygens (including phenoxy) is 1. The SMILES string of the molecule is O=C(NC1CCCCC1)N1CCN(C(=O)C2COCCN2)CC1. The van der Waals surface area contributed by atoms with Crippen LogP contribution in [0.3, 0.4) is 0 Å². The highest BCUT2D eigenvalue weighted by Crippen LogP contribution is 2.17. The van der Waals surface area contributed by atoms with E-state index >= 15 is 0 Å². The van der Waals surface area contributed by atoms with Crippen LogP contribution >= 0.6 is 0 Å². The monoisotopic (exact) mass is 324 g/mol. The van der Waals surface area contributed by atoms with Crippen molar-refractivity contribution in [2.75, 3.05) is 45.9 Å². The molecular formula is C16H28N4O3. The Balaban J connectivity index is 1.42. The van der Waals surface area contributed by atoms with Crippen LogP contribution in [0.5, 0.6) is 0 Å². The molecule has 0 spiro atoms. The van der Waals surface area contributed by atoms with E-state index in [9.17, 15) is 9.59 Å². The van der Waals surface area contributed by atoms with Crippen molar-refractivity contribution in [3.63, 3.8) is 0 Å². The molecule has 0 radical (unpaired) electrons. The van der Waals surface area contributed by atoms with E-state index in [1.165, 1.54) is 19.3 Å². The molecule has 2 aliphatic heterocycles. The van der Waals surface area contributed by atoms with Gasteiger partial charge in [-0.05, 0) is 12.8 Å². The summed E-state index contributed by atoms with van der Waals surface area (Å²) in [4.78, 5) is 28.4. The number of morpholine rings is 1. The van der Waals surface area contributed by atoms with Crippen LogP contribution in [0.2, 0.25) is 0 Å². The van der Waals surface area contributed by atoms with Crippen molar-refractivity contribution in [3.05, 3.63) is 0 Å². The van der Waals surface area contributed by atoms with E-state index in [1.807, 2.05) is 9.80 Å². The molecule has 23 heavy (non-hydrogen) atoms. The van der Waals surface area contributed by atoms with Gasteiger partial charge in [-0.15, -0.1) is 0 Å². The van der Waals surface area contributed by atoms with E-state index in [4.69, 9.17) is 4.74 Å². The lowest BCUT2D eigenvalue weighted by Crippen LogP contribution is -2.59. The van der Waals surface area contributed by atoms with Crippen molar-refractivity contribution in [2.45, 2.75) is 44.2 Å². The highest BCUT2D eigenvalue weighted by molar-refractivity contribution is 5.82. The van der Waals surface area contributed by atoms with Gasteiger partial charge in [0.15, 0.2) is 0 Å². The first-order valence-electron chi connectivity index (χ1n) is 8.89. The average Bonchev–Trinajstić information content (AvgIpc) is 2.63. The maximum Gasteiger partial charge on any atom is 0.317 e. The van der Waals surface area contributed by atoms with Crippen molar-refractivity contribution in [3.8, 4) is 0 Å². The molecule has 2 heterocycles. The molecule has 3 rings (SSSR count). The highest BCUT2D eigenvalue weighted by atomic mass is 16.5. The fraction of sp³-hybridized carbons (Fsp3) is 0.875. The summed E-state index contributed by atoms with van der Waals surface area (Å²) in [5, 5.41) is 6.34. The Morgan fingerprint density at radius 2 is 1.70 bits per heavy atom. The Kier molecular flexibility index (Phi) is 5.72. The summed E-state index contributed by atoms with van der Waals surface area (Å²) >= 11 is 0. The lowest BCUT2D eigenvalue weighted by atomic mass is 9.96. The van der Waals surface area contributed by atoms with Gasteiger partial charge < -0.3 is 25.2 Å². The predicted octanol–water partition coefficient (Wildman–Crippen LogP) is 0.161. The van der Waals surface area contributed by atoms with Crippen LogP contribution in [0.15, 0.2) is 0 Å². The first kappa shape index (κ1) is 16.5. The number of carbonyl (C=O) groups is 2. The van der Waals surface area contributed by atoms with Crippen LogP contribution in [0.1, 0.15) is 32.1 Å². The molecule has 130 valence electrons. The molecular weight excluding hydrogens is 296 g/mol. The normalized spacial score (nSPS) is 26.9. The molecule has 1 unspecified atom stereocenters. The number of amides is 3. The molecule has 1 saturated carbocycles. The number of piperazine rings is 1. The van der Waals surface area contributed by atoms with Crippen molar-refractivity contribution in [1.82, 2.24) is 20.4 Å². The lowest BCUT2D eigenvalue weighted by Gasteiger charge is -2.38. The van der Waals surface area contributed by atoms with Gasteiger partial charge in [-0.1, -0.05) is 19.3 Å². The summed E-state index contributed by atoms with van der Waals surface area (Å²) in [6, 6.07) is 0.133. The highest BCUT2D eigenvalue weighted by Gasteiger charge is 2.30. The second-order valence-electron chi connectivity index (χ2n) is 6.68. The number of carbonyl (C=O) groups excluding carboxylic acids is 2. The van der Waals surface area contributed by atoms with E-state index in [2.05, 4.69) is 10.6 Å². The smallest absolute Gasteiger partial charge is 0.317 e. The van der Waals surface area contributed by atoms with Crippen molar-refractivity contribution < 1.29 is 14.3 Å². The zero-order valence-electron chi connectivity index (χ0n) is 13.8. The third-order valence-corrected chi connectivity index (χ3v) is 5.03. The van der Waals surface area contributed by atoms with Gasteiger partial charge in [0, 0.05) is 38.8 Å². The molecule has 0 aromatic carbocycles. The average molecular weight is 324 g/mol. The van der Waals surface area contributed by atoms with Gasteiger partial charge in [0.05, 0.1) is 13.2 Å². The Labute approximate surface area is 137 Å². The number of nitrogens with zero attached hydrogens (tertiary/aromatic N) is 2. The van der Waals surface area contributed by atoms with Crippen LogP contribution in [0.25, 0.3) is 0 Å². The quantitative estimate of drug-likeness (QED) is 0.759. The van der Waals surface area contributed by atoms with E-state index in [-0.39, 0.29) is 18.0 Å². The number of nitrogens with one attached hydrogen (secondary N) is 2. The molecule has 0 aromatic heterocycles. The number of rotatable bonds is 2. The maximum absolute atomic E-state index is 12.4. The minimum absolute atomic E-state index is 0.0307. The van der Waals surface area contributed by atoms with Crippen LogP contribution in [0, 0.1) is 0 Å². The standard InChI is InChI=1S/C16H28N4O3/c21-15(14-12-23-11-6-17-14)19-7-9-20(10-8-19)16(22)18-13-4-2-1-3-5-13/h13-14,17H,1-12H2,(H,18,22). The summed E-state index contributed by atoms with van der Waals surface area (Å²) in [6.45, 7) is 4.26. The summed E-state index contributed by atoms with van der Waals surface area (Å²) in [5.74, 6) is 0.0945. The number of hydrogen-bond donors (Lipinski definition) is 2. The molecule has 3 amide bonds. The Morgan fingerprint density at radius 3 is 2.35 bits per heavy atom. The van der Waals surface area contributed by atoms with Gasteiger partial charge >= 0.3 is 6.03 Å². The predicted molar refractivity (Wildman–Crippen MR) is 86.2 cm³/mol. The summed E-state index contributed by atoms with van der Waals surface area (Å²) < 4.78 is 5.35. The van der Waals surface area contributed by atoms with Crippen LogP contribution < -0.4 is 10.6 Å². The van der Waals surface area contributed by atoms with E-state index in [0.29, 0.717) is 45.4 Å². The third-order valence-electron chi connectivity index (χ3n) is 5.03. The van der Waals surface area contributed by atoms with E-state index in [0.717, 1.165) is 19.4 Å². The largest absolute Gasteiger partial charge is 0.378 e. The van der Waals surface area contributed by atoms with Gasteiger partial charge in [0.2, 0.25) is 5.91 Å². The first-order valence-corrected chi connectivity index (χ1v) is 8.89. The van der Waals surface area contributed by atoms with Gasteiger partial charge in [0.25, 0.3) is 0 Å². The summed E-state index contributed by atoms with van der Waals surface area (Å²) in [5.41, 5.74) is 0. The summed E-state index contributed by atoms with van der Waals surface area (Å²) in [7, 11) is 0. The molecule has 3 fully saturated rings. The fourth-order valence-electron chi connectivity index (χ4n) is 3.59. The molecule has 0 bridgehead atoms. The van der Waals surface area contributed by atoms with Crippen LogP contribution in [-0.4, -0.2) is 79.8 Å². The Morgan fingerprint density at radius 1 is 1.00 bits per heavy atom. The second kappa shape index (κ2) is 7.97. The minimum atomic E-state index is -0.230. The molecule has 1 aliphatic carbocycles. The second-order valence-corrected chi connectivity index (χ2v) is 6.68. The van der Waals surface area contributed by atoms with Gasteiger partial charge in [0.1, 0.15) is 6.04 Å². The topological polar surface area (TPSA) is 73.9 Å². The third kappa shape index (κ3) is 4.35. The zero-order valence-corrected chi connectivity index (χ0v) is 13.8. The van der Waals surface area contributed by atoms with Crippen molar-refractivity contribution >= 4 is 11.9 Å². The number of hydrogen-bond acceptors (Lipinski definition) is 4. The minimum Gasteiger partial charge on any atom is -0.378 e. The molecule has 0 aromatic rings. The molecule has 7 nitrogen and oxygen atoms in total. The molecule has 2 saturated heterocycles. The van der Waals surface area contributed by atoms with E-state index < -0.39 is 0 Å². The molecule has 2 N–H and O–H groups in total. The zero-order chi connectivity index (χ0) is 16.1. The van der Waals surface area contributed by atoms with Crippen molar-refractivity contribution in [2.24, 2.45) is 0 Å². The van der Waals surface area contributed by atoms with Crippen LogP contribution in [-0.2, 0) is 9.53 Å². The molecule has 7 heteroatoms. The summed E-state index contributed by atoms with van der Waals surface area (Å²) in [6.07, 6.45) is 5.90. The Hall–Kier alpha value is -1.34. The van der Waals surface area contributed by atoms with Crippen molar-refractivity contribution in [1.29, 1.82) is 0 Å². The molecule has 3 aliphatic rings. The van der Waals surface area contributed by atoms with E-state index in [1.54, 1.807) is 0 Å². The van der Waals surface area contributed by atoms with Crippen LogP contribution in [0.4, 0.5) is 4.79 Å². The Bertz CT molecular complexity index is 412. The van der Waals surface area contributed by atoms with Gasteiger partial charge in [-0.3, -0.25) is 4.79 Å². The lowest BCUT2D eigenvalue weighted by molar-refractivity contribution is -0.137. The number of urea groups is 1. The maximum atomic E-state index is 12.4. The molecule has 1 atom stereocenters. The first-order chi connectivity index (χ1) is 11.2.